The molecule has 1 aromatic carbocycles. The molecule has 0 aliphatic heterocycles. The number of hydrogen-bond donors (Lipinski definition) is 0. The average molecular weight is 459 g/mol. The zero-order chi connectivity index (χ0) is 22.5. The van der Waals surface area contributed by atoms with Crippen LogP contribution in [0.4, 0.5) is 37.8 Å². The molecule has 0 aliphatic rings. The van der Waals surface area contributed by atoms with E-state index in [1.807, 2.05) is 0 Å². The summed E-state index contributed by atoms with van der Waals surface area (Å²) in [7, 11) is 1.24. The molecule has 2 rings (SSSR count). The number of aromatic nitrogens is 2. The molecule has 12 heteroatoms. The van der Waals surface area contributed by atoms with Crippen LogP contribution in [0.5, 0.6) is 0 Å². The van der Waals surface area contributed by atoms with E-state index in [1.54, 1.807) is 20.8 Å². The van der Waals surface area contributed by atoms with Gasteiger partial charge in [0.05, 0.1) is 26.8 Å². The van der Waals surface area contributed by atoms with Gasteiger partial charge in [-0.05, 0) is 32.9 Å². The lowest BCUT2D eigenvalue weighted by molar-refractivity contribution is -0.142. The van der Waals surface area contributed by atoms with E-state index in [-0.39, 0.29) is 11.5 Å². The lowest BCUT2D eigenvalue weighted by Crippen LogP contribution is -2.28. The van der Waals surface area contributed by atoms with Crippen molar-refractivity contribution in [2.45, 2.75) is 38.7 Å². The molecule has 0 fully saturated rings. The van der Waals surface area contributed by atoms with Gasteiger partial charge in [-0.1, -0.05) is 23.2 Å². The molecule has 0 aliphatic carbocycles. The van der Waals surface area contributed by atoms with Gasteiger partial charge in [0.1, 0.15) is 17.5 Å². The SMILES string of the molecule is CN(c1c(Cl)cc(C(F)(F)F)cc1Cl)c1c(C#N)c(C(F)(F)F)nn1C(C)(C)C. The van der Waals surface area contributed by atoms with Gasteiger partial charge >= 0.3 is 12.4 Å². The van der Waals surface area contributed by atoms with E-state index in [9.17, 15) is 31.6 Å². The predicted molar refractivity (Wildman–Crippen MR) is 96.5 cm³/mol. The van der Waals surface area contributed by atoms with Crippen molar-refractivity contribution in [2.75, 3.05) is 11.9 Å². The third-order valence-electron chi connectivity index (χ3n) is 3.87. The summed E-state index contributed by atoms with van der Waals surface area (Å²) in [5, 5.41) is 12.0. The molecule has 0 spiro atoms. The highest BCUT2D eigenvalue weighted by Crippen LogP contribution is 2.45. The average Bonchev–Trinajstić information content (AvgIpc) is 2.92. The van der Waals surface area contributed by atoms with Crippen LogP contribution in [0.2, 0.25) is 10.0 Å². The number of nitrogens with zero attached hydrogens (tertiary/aromatic N) is 4. The zero-order valence-corrected chi connectivity index (χ0v) is 17.0. The minimum Gasteiger partial charge on any atom is -0.326 e. The zero-order valence-electron chi connectivity index (χ0n) is 15.5. The predicted octanol–water partition coefficient (Wildman–Crippen LogP) is 6.62. The van der Waals surface area contributed by atoms with Crippen LogP contribution >= 0.6 is 23.2 Å². The Labute approximate surface area is 172 Å². The largest absolute Gasteiger partial charge is 0.436 e. The summed E-state index contributed by atoms with van der Waals surface area (Å²) in [5.41, 5.74) is -4.55. The van der Waals surface area contributed by atoms with Crippen molar-refractivity contribution in [3.05, 3.63) is 39.0 Å². The third kappa shape index (κ3) is 4.41. The first kappa shape index (κ1) is 23.2. The van der Waals surface area contributed by atoms with Crippen LogP contribution in [0.25, 0.3) is 0 Å². The van der Waals surface area contributed by atoms with E-state index >= 15 is 0 Å². The number of nitriles is 1. The Balaban J connectivity index is 2.82. The molecule has 158 valence electrons. The van der Waals surface area contributed by atoms with Crippen LogP contribution in [0.15, 0.2) is 12.1 Å². The van der Waals surface area contributed by atoms with Gasteiger partial charge in [0.25, 0.3) is 0 Å². The highest BCUT2D eigenvalue weighted by atomic mass is 35.5. The molecular weight excluding hydrogens is 445 g/mol. The van der Waals surface area contributed by atoms with Gasteiger partial charge in [0.2, 0.25) is 0 Å². The molecule has 0 bridgehead atoms. The Morgan fingerprint density at radius 3 is 1.83 bits per heavy atom. The first-order valence-electron chi connectivity index (χ1n) is 7.91. The molecule has 1 heterocycles. The van der Waals surface area contributed by atoms with Crippen LogP contribution in [0, 0.1) is 11.3 Å². The first-order valence-corrected chi connectivity index (χ1v) is 8.66. The molecular formula is C17H14Cl2F6N4. The summed E-state index contributed by atoms with van der Waals surface area (Å²) in [5.74, 6) is -0.309. The maximum Gasteiger partial charge on any atom is 0.436 e. The summed E-state index contributed by atoms with van der Waals surface area (Å²) >= 11 is 12.0. The second kappa shape index (κ2) is 7.29. The molecule has 0 amide bonds. The van der Waals surface area contributed by atoms with Crippen molar-refractivity contribution in [3.63, 3.8) is 0 Å². The Morgan fingerprint density at radius 2 is 1.48 bits per heavy atom. The van der Waals surface area contributed by atoms with E-state index in [0.29, 0.717) is 12.1 Å². The molecule has 1 aromatic heterocycles. The van der Waals surface area contributed by atoms with Crippen molar-refractivity contribution in [1.82, 2.24) is 9.78 Å². The van der Waals surface area contributed by atoms with Crippen LogP contribution in [-0.4, -0.2) is 16.8 Å². The molecule has 2 aromatic rings. The Hall–Kier alpha value is -2.12. The van der Waals surface area contributed by atoms with Crippen molar-refractivity contribution < 1.29 is 26.3 Å². The molecule has 0 saturated heterocycles. The lowest BCUT2D eigenvalue weighted by Gasteiger charge is -2.29. The summed E-state index contributed by atoms with van der Waals surface area (Å²) in [6.07, 6.45) is -9.65. The summed E-state index contributed by atoms with van der Waals surface area (Å²) in [6, 6.07) is 2.69. The van der Waals surface area contributed by atoms with Crippen LogP contribution in [-0.2, 0) is 17.9 Å². The smallest absolute Gasteiger partial charge is 0.326 e. The number of rotatable bonds is 2. The molecule has 4 nitrogen and oxygen atoms in total. The lowest BCUT2D eigenvalue weighted by atomic mass is 10.1. The van der Waals surface area contributed by atoms with Gasteiger partial charge in [0, 0.05) is 7.05 Å². The van der Waals surface area contributed by atoms with Gasteiger partial charge in [-0.2, -0.15) is 36.7 Å². The van der Waals surface area contributed by atoms with Crippen LogP contribution < -0.4 is 4.90 Å². The minimum absolute atomic E-state index is 0.197. The number of benzene rings is 1. The monoisotopic (exact) mass is 458 g/mol. The molecule has 0 atom stereocenters. The van der Waals surface area contributed by atoms with Gasteiger partial charge in [-0.15, -0.1) is 0 Å². The Kier molecular flexibility index (Phi) is 5.82. The maximum atomic E-state index is 13.4. The highest BCUT2D eigenvalue weighted by Gasteiger charge is 2.42. The van der Waals surface area contributed by atoms with Crippen molar-refractivity contribution >= 4 is 34.7 Å². The van der Waals surface area contributed by atoms with Gasteiger partial charge < -0.3 is 4.90 Å². The fourth-order valence-corrected chi connectivity index (χ4v) is 3.38. The summed E-state index contributed by atoms with van der Waals surface area (Å²) in [4.78, 5) is 1.02. The third-order valence-corrected chi connectivity index (χ3v) is 4.45. The van der Waals surface area contributed by atoms with Crippen molar-refractivity contribution in [2.24, 2.45) is 0 Å². The molecule has 0 radical (unpaired) electrons. The highest BCUT2D eigenvalue weighted by molar-refractivity contribution is 6.39. The Bertz CT molecular complexity index is 957. The Morgan fingerprint density at radius 1 is 1.00 bits per heavy atom. The summed E-state index contributed by atoms with van der Waals surface area (Å²) < 4.78 is 80.1. The maximum absolute atomic E-state index is 13.4. The number of alkyl halides is 6. The normalized spacial score (nSPS) is 12.8. The van der Waals surface area contributed by atoms with E-state index < -0.39 is 44.8 Å². The van der Waals surface area contributed by atoms with Crippen LogP contribution in [0.3, 0.4) is 0 Å². The van der Waals surface area contributed by atoms with Gasteiger partial charge in [-0.3, -0.25) is 0 Å². The summed E-state index contributed by atoms with van der Waals surface area (Å²) in [6.45, 7) is 4.65. The topological polar surface area (TPSA) is 44.9 Å². The van der Waals surface area contributed by atoms with E-state index in [1.165, 1.54) is 13.1 Å². The van der Waals surface area contributed by atoms with E-state index in [2.05, 4.69) is 5.10 Å². The number of halogens is 8. The molecule has 0 unspecified atom stereocenters. The van der Waals surface area contributed by atoms with Crippen molar-refractivity contribution in [1.29, 1.82) is 5.26 Å². The second-order valence-electron chi connectivity index (χ2n) is 7.08. The number of hydrogen-bond acceptors (Lipinski definition) is 3. The van der Waals surface area contributed by atoms with Crippen molar-refractivity contribution in [3.8, 4) is 6.07 Å². The minimum atomic E-state index is -4.93. The van der Waals surface area contributed by atoms with E-state index in [4.69, 9.17) is 23.2 Å². The quantitative estimate of drug-likeness (QED) is 0.474. The van der Waals surface area contributed by atoms with Crippen LogP contribution in [0.1, 0.15) is 37.6 Å². The second-order valence-corrected chi connectivity index (χ2v) is 7.90. The fraction of sp³-hybridized carbons (Fsp3) is 0.412. The van der Waals surface area contributed by atoms with Gasteiger partial charge in [0.15, 0.2) is 5.69 Å². The molecule has 29 heavy (non-hydrogen) atoms. The van der Waals surface area contributed by atoms with E-state index in [0.717, 1.165) is 9.58 Å². The van der Waals surface area contributed by atoms with Gasteiger partial charge in [-0.25, -0.2) is 4.68 Å². The first-order chi connectivity index (χ1) is 13.0. The standard InChI is InChI=1S/C17H14Cl2F6N4/c1-15(2,3)29-14(9(7-26)13(27-29)17(23,24)25)28(4)12-10(18)5-8(6-11(12)19)16(20,21)22/h5-6H,1-4H3. The molecule has 0 saturated carbocycles. The molecule has 0 N–H and O–H groups in total. The fourth-order valence-electron chi connectivity index (χ4n) is 2.64. The number of anilines is 2.